The molecule has 1 aliphatic rings. The van der Waals surface area contributed by atoms with Crippen LogP contribution in [0.15, 0.2) is 64.4 Å². The predicted octanol–water partition coefficient (Wildman–Crippen LogP) is 3.43. The third-order valence-corrected chi connectivity index (χ3v) is 6.12. The van der Waals surface area contributed by atoms with E-state index in [0.717, 1.165) is 13.0 Å². The van der Waals surface area contributed by atoms with Crippen molar-refractivity contribution in [2.45, 2.75) is 41.5 Å². The van der Waals surface area contributed by atoms with E-state index < -0.39 is 9.84 Å². The summed E-state index contributed by atoms with van der Waals surface area (Å²) in [7, 11) is -3.46. The molecule has 1 heterocycles. The van der Waals surface area contributed by atoms with E-state index in [1.807, 2.05) is 0 Å². The number of sulfone groups is 1. The maximum atomic E-state index is 12.5. The van der Waals surface area contributed by atoms with Gasteiger partial charge in [0.05, 0.1) is 16.4 Å². The fourth-order valence-corrected chi connectivity index (χ4v) is 4.22. The lowest BCUT2D eigenvalue weighted by Gasteiger charge is -2.23. The molecule has 1 aliphatic heterocycles. The highest BCUT2D eigenvalue weighted by Crippen LogP contribution is 2.23. The van der Waals surface area contributed by atoms with Crippen LogP contribution in [0.25, 0.3) is 0 Å². The van der Waals surface area contributed by atoms with Crippen molar-refractivity contribution in [2.75, 3.05) is 13.2 Å². The van der Waals surface area contributed by atoms with E-state index in [4.69, 9.17) is 4.74 Å². The Morgan fingerprint density at radius 3 is 2.33 bits per heavy atom. The second kappa shape index (κ2) is 7.81. The molecule has 5 heteroatoms. The minimum Gasteiger partial charge on any atom is -0.494 e. The minimum absolute atomic E-state index is 0.287. The lowest BCUT2D eigenvalue weighted by atomic mass is 10.0. The normalized spacial score (nSPS) is 18.2. The van der Waals surface area contributed by atoms with Gasteiger partial charge in [0.1, 0.15) is 5.75 Å². The Hall–Kier alpha value is -1.85. The van der Waals surface area contributed by atoms with Gasteiger partial charge in [-0.25, -0.2) is 8.42 Å². The maximum Gasteiger partial charge on any atom is 0.206 e. The molecule has 2 aromatic rings. The van der Waals surface area contributed by atoms with Crippen LogP contribution in [-0.2, 0) is 9.84 Å². The summed E-state index contributed by atoms with van der Waals surface area (Å²) in [5, 5.41) is 3.49. The predicted molar refractivity (Wildman–Crippen MR) is 94.1 cm³/mol. The van der Waals surface area contributed by atoms with Crippen LogP contribution in [0.4, 0.5) is 0 Å². The minimum atomic E-state index is -3.46. The molecule has 2 aromatic carbocycles. The summed E-state index contributed by atoms with van der Waals surface area (Å²) in [5.41, 5.74) is 0. The van der Waals surface area contributed by atoms with Crippen LogP contribution in [0.3, 0.4) is 0 Å². The van der Waals surface area contributed by atoms with Crippen molar-refractivity contribution in [1.29, 1.82) is 0 Å². The van der Waals surface area contributed by atoms with Crippen molar-refractivity contribution in [3.05, 3.63) is 54.6 Å². The van der Waals surface area contributed by atoms with Gasteiger partial charge in [0.25, 0.3) is 0 Å². The zero-order chi connectivity index (χ0) is 16.8. The fourth-order valence-electron chi connectivity index (χ4n) is 2.94. The number of piperidine rings is 1. The van der Waals surface area contributed by atoms with E-state index >= 15 is 0 Å². The summed E-state index contributed by atoms with van der Waals surface area (Å²) >= 11 is 0. The van der Waals surface area contributed by atoms with Gasteiger partial charge in [-0.2, -0.15) is 0 Å². The van der Waals surface area contributed by atoms with Crippen molar-refractivity contribution >= 4 is 9.84 Å². The van der Waals surface area contributed by atoms with Gasteiger partial charge in [-0.3, -0.25) is 0 Å². The van der Waals surface area contributed by atoms with Crippen molar-refractivity contribution in [1.82, 2.24) is 5.32 Å². The molecule has 128 valence electrons. The molecule has 0 saturated carbocycles. The number of rotatable bonds is 6. The molecule has 24 heavy (non-hydrogen) atoms. The van der Waals surface area contributed by atoms with Crippen LogP contribution >= 0.6 is 0 Å². The molecule has 1 atom stereocenters. The lowest BCUT2D eigenvalue weighted by Crippen LogP contribution is -2.35. The Balaban J connectivity index is 1.59. The van der Waals surface area contributed by atoms with Gasteiger partial charge < -0.3 is 10.1 Å². The number of hydrogen-bond acceptors (Lipinski definition) is 4. The van der Waals surface area contributed by atoms with E-state index in [0.29, 0.717) is 23.3 Å². The van der Waals surface area contributed by atoms with E-state index in [1.54, 1.807) is 54.6 Å². The number of nitrogens with one attached hydrogen (secondary N) is 1. The Morgan fingerprint density at radius 2 is 1.67 bits per heavy atom. The largest absolute Gasteiger partial charge is 0.494 e. The molecule has 0 bridgehead atoms. The van der Waals surface area contributed by atoms with Gasteiger partial charge in [-0.15, -0.1) is 0 Å². The topological polar surface area (TPSA) is 55.4 Å². The number of hydrogen-bond donors (Lipinski definition) is 1. The fraction of sp³-hybridized carbons (Fsp3) is 0.368. The molecule has 3 rings (SSSR count). The van der Waals surface area contributed by atoms with Gasteiger partial charge in [-0.05, 0) is 62.2 Å². The van der Waals surface area contributed by atoms with E-state index in [2.05, 4.69) is 5.32 Å². The van der Waals surface area contributed by atoms with Gasteiger partial charge in [0.15, 0.2) is 0 Å². The highest BCUT2D eigenvalue weighted by Gasteiger charge is 2.17. The van der Waals surface area contributed by atoms with Crippen LogP contribution < -0.4 is 10.1 Å². The molecule has 1 N–H and O–H groups in total. The first-order valence-electron chi connectivity index (χ1n) is 8.43. The molecule has 0 radical (unpaired) electrons. The highest BCUT2D eigenvalue weighted by molar-refractivity contribution is 7.91. The third-order valence-electron chi connectivity index (χ3n) is 4.33. The molecular formula is C19H23NO3S. The zero-order valence-corrected chi connectivity index (χ0v) is 14.5. The van der Waals surface area contributed by atoms with Crippen molar-refractivity contribution in [2.24, 2.45) is 0 Å². The van der Waals surface area contributed by atoms with Gasteiger partial charge in [0, 0.05) is 6.04 Å². The lowest BCUT2D eigenvalue weighted by molar-refractivity contribution is 0.268. The van der Waals surface area contributed by atoms with Crippen LogP contribution in [0.2, 0.25) is 0 Å². The standard InChI is InChI=1S/C19H23NO3S/c21-24(22,18-7-2-1-3-8-18)19-11-9-17(10-12-19)23-15-13-16-6-4-5-14-20-16/h1-3,7-12,16,20H,4-6,13-15H2. The monoisotopic (exact) mass is 345 g/mol. The molecule has 0 spiro atoms. The first-order chi connectivity index (χ1) is 11.7. The summed E-state index contributed by atoms with van der Waals surface area (Å²) < 4.78 is 30.8. The molecule has 0 aliphatic carbocycles. The molecule has 0 aromatic heterocycles. The van der Waals surface area contributed by atoms with E-state index in [-0.39, 0.29) is 4.90 Å². The van der Waals surface area contributed by atoms with Crippen molar-refractivity contribution < 1.29 is 13.2 Å². The highest BCUT2D eigenvalue weighted by atomic mass is 32.2. The smallest absolute Gasteiger partial charge is 0.206 e. The molecule has 1 fully saturated rings. The molecular weight excluding hydrogens is 322 g/mol. The zero-order valence-electron chi connectivity index (χ0n) is 13.6. The average Bonchev–Trinajstić information content (AvgIpc) is 2.64. The molecule has 4 nitrogen and oxygen atoms in total. The summed E-state index contributed by atoms with van der Waals surface area (Å²) in [4.78, 5) is 0.594. The first-order valence-corrected chi connectivity index (χ1v) is 9.91. The van der Waals surface area contributed by atoms with E-state index in [1.165, 1.54) is 19.3 Å². The van der Waals surface area contributed by atoms with Crippen molar-refractivity contribution in [3.63, 3.8) is 0 Å². The molecule has 0 amide bonds. The van der Waals surface area contributed by atoms with Gasteiger partial charge >= 0.3 is 0 Å². The third kappa shape index (κ3) is 4.16. The van der Waals surface area contributed by atoms with Gasteiger partial charge in [-0.1, -0.05) is 24.6 Å². The SMILES string of the molecule is O=S(=O)(c1ccccc1)c1ccc(OCCC2CCCCN2)cc1. The first kappa shape index (κ1) is 17.0. The molecule has 1 unspecified atom stereocenters. The summed E-state index contributed by atoms with van der Waals surface area (Å²) in [6.07, 6.45) is 4.72. The number of benzene rings is 2. The van der Waals surface area contributed by atoms with Crippen LogP contribution in [0.1, 0.15) is 25.7 Å². The van der Waals surface area contributed by atoms with Crippen LogP contribution in [0.5, 0.6) is 5.75 Å². The molecule has 1 saturated heterocycles. The second-order valence-corrected chi connectivity index (χ2v) is 8.02. The Morgan fingerprint density at radius 1 is 0.958 bits per heavy atom. The Bertz CT molecular complexity index is 736. The van der Waals surface area contributed by atoms with Crippen LogP contribution in [-0.4, -0.2) is 27.6 Å². The Labute approximate surface area is 143 Å². The Kier molecular flexibility index (Phi) is 5.53. The summed E-state index contributed by atoms with van der Waals surface area (Å²) in [5.74, 6) is 0.706. The van der Waals surface area contributed by atoms with E-state index in [9.17, 15) is 8.42 Å². The summed E-state index contributed by atoms with van der Waals surface area (Å²) in [6.45, 7) is 1.74. The van der Waals surface area contributed by atoms with Gasteiger partial charge in [0.2, 0.25) is 9.84 Å². The second-order valence-electron chi connectivity index (χ2n) is 6.07. The number of ether oxygens (including phenoxy) is 1. The van der Waals surface area contributed by atoms with Crippen molar-refractivity contribution in [3.8, 4) is 5.75 Å². The maximum absolute atomic E-state index is 12.5. The summed E-state index contributed by atoms with van der Waals surface area (Å²) in [6, 6.07) is 15.7. The van der Waals surface area contributed by atoms with Crippen LogP contribution in [0, 0.1) is 0 Å². The average molecular weight is 345 g/mol. The quantitative estimate of drug-likeness (QED) is 0.871.